The van der Waals surface area contributed by atoms with Gasteiger partial charge in [0.2, 0.25) is 10.0 Å². The number of aromatic nitrogens is 4. The maximum atomic E-state index is 13.6. The van der Waals surface area contributed by atoms with Gasteiger partial charge < -0.3 is 24.8 Å². The molecule has 256 valence electrons. The number of anilines is 2. The lowest BCUT2D eigenvalue weighted by molar-refractivity contribution is -0.197. The summed E-state index contributed by atoms with van der Waals surface area (Å²) in [6, 6.07) is 5.58. The van der Waals surface area contributed by atoms with Crippen LogP contribution in [0.1, 0.15) is 65.5 Å². The number of carbonyl (C=O) groups excluding carboxylic acids is 2. The normalized spacial score (nSPS) is 33.1. The summed E-state index contributed by atoms with van der Waals surface area (Å²) in [6.45, 7) is 5.80. The van der Waals surface area contributed by atoms with Gasteiger partial charge in [0.15, 0.2) is 35.1 Å². The molecule has 2 aliphatic heterocycles. The molecule has 1 aromatic carbocycles. The molecule has 6 fully saturated rings. The number of likely N-dealkylation sites (N-methyl/N-ethyl adjacent to an activating group) is 1. The Morgan fingerprint density at radius 3 is 2.40 bits per heavy atom. The van der Waals surface area contributed by atoms with Gasteiger partial charge >= 0.3 is 6.03 Å². The molecule has 3 amide bonds. The molecule has 16 heteroatoms. The van der Waals surface area contributed by atoms with Crippen molar-refractivity contribution in [1.29, 1.82) is 0 Å². The maximum absolute atomic E-state index is 13.6. The molecule has 0 spiro atoms. The standard InChI is InChI=1S/C32H40N8O7S/c1-4-33-28(41)24-23-25(47-31(2,3)46-23)29(45-24)40-16-36-22-26(34-15-35-27(22)40)38-30(42)37-20-6-5-7-21(11-20)48(43,44)39-32-12-17-8-18(13-32)10-19(9-17)14-32/h5-7,11,15-19,23-25,29,39H,4,8-10,12-14H2,1-3H3,(H,33,41)(H2,34,35,37,38,42)/t17?,18?,19?,23-,24+,25-,29-,32?/m1/s1. The second-order valence-electron chi connectivity index (χ2n) is 14.4. The summed E-state index contributed by atoms with van der Waals surface area (Å²) >= 11 is 0. The van der Waals surface area contributed by atoms with Crippen LogP contribution in [0.5, 0.6) is 0 Å². The summed E-state index contributed by atoms with van der Waals surface area (Å²) in [5, 5.41) is 8.20. The molecule has 0 radical (unpaired) electrons. The zero-order valence-electron chi connectivity index (χ0n) is 27.0. The third-order valence-electron chi connectivity index (χ3n) is 10.3. The van der Waals surface area contributed by atoms with Crippen LogP contribution >= 0.6 is 0 Å². The van der Waals surface area contributed by atoms with E-state index in [-0.39, 0.29) is 27.7 Å². The van der Waals surface area contributed by atoms with Gasteiger partial charge in [0.1, 0.15) is 18.5 Å². The number of hydrogen-bond acceptors (Lipinski definition) is 10. The third kappa shape index (κ3) is 5.62. The van der Waals surface area contributed by atoms with Crippen molar-refractivity contribution in [2.45, 2.75) is 100 Å². The molecular weight excluding hydrogens is 640 g/mol. The van der Waals surface area contributed by atoms with E-state index in [2.05, 4.69) is 35.6 Å². The van der Waals surface area contributed by atoms with E-state index in [1.165, 1.54) is 38.0 Å². The van der Waals surface area contributed by atoms with E-state index >= 15 is 0 Å². The van der Waals surface area contributed by atoms with Crippen molar-refractivity contribution in [1.82, 2.24) is 29.6 Å². The quantitative estimate of drug-likeness (QED) is 0.275. The first-order valence-corrected chi connectivity index (χ1v) is 18.1. The molecule has 3 aromatic rings. The molecule has 4 heterocycles. The number of rotatable bonds is 8. The van der Waals surface area contributed by atoms with Crippen molar-refractivity contribution in [3.05, 3.63) is 36.9 Å². The highest BCUT2D eigenvalue weighted by molar-refractivity contribution is 7.89. The van der Waals surface area contributed by atoms with E-state index in [9.17, 15) is 18.0 Å². The van der Waals surface area contributed by atoms with Crippen LogP contribution in [0.25, 0.3) is 11.2 Å². The molecule has 15 nitrogen and oxygen atoms in total. The minimum atomic E-state index is -3.81. The Labute approximate surface area is 278 Å². The number of sulfonamides is 1. The van der Waals surface area contributed by atoms with Crippen molar-refractivity contribution in [2.24, 2.45) is 17.8 Å². The zero-order valence-corrected chi connectivity index (χ0v) is 27.8. The second kappa shape index (κ2) is 11.4. The molecule has 0 unspecified atom stereocenters. The number of hydrogen-bond donors (Lipinski definition) is 4. The molecule has 4 bridgehead atoms. The van der Waals surface area contributed by atoms with E-state index < -0.39 is 46.4 Å². The van der Waals surface area contributed by atoms with E-state index in [0.29, 0.717) is 35.6 Å². The number of nitrogens with one attached hydrogen (secondary N) is 4. The minimum Gasteiger partial charge on any atom is -0.354 e. The van der Waals surface area contributed by atoms with E-state index in [0.717, 1.165) is 19.3 Å². The average Bonchev–Trinajstić information content (AvgIpc) is 3.67. The smallest absolute Gasteiger partial charge is 0.324 e. The molecule has 4 saturated carbocycles. The zero-order chi connectivity index (χ0) is 33.4. The van der Waals surface area contributed by atoms with Gasteiger partial charge in [-0.2, -0.15) is 0 Å². The van der Waals surface area contributed by atoms with Gasteiger partial charge in [-0.1, -0.05) is 6.07 Å². The SMILES string of the molecule is CCNC(=O)[C@H]1O[C@@H](n2cnc3c(NC(=O)Nc4cccc(S(=O)(=O)NC56CC7CC(CC(C7)C5)C6)c4)ncnc32)[C@@H]2OC(C)(C)O[C@@H]21. The third-order valence-corrected chi connectivity index (χ3v) is 11.9. The number of benzene rings is 1. The van der Waals surface area contributed by atoms with Crippen LogP contribution < -0.4 is 20.7 Å². The lowest BCUT2D eigenvalue weighted by Crippen LogP contribution is -2.59. The van der Waals surface area contributed by atoms with Crippen LogP contribution in [0.2, 0.25) is 0 Å². The van der Waals surface area contributed by atoms with Crippen LogP contribution in [-0.4, -0.2) is 76.1 Å². The summed E-state index contributed by atoms with van der Waals surface area (Å²) in [6.07, 6.45) is 6.11. The molecule has 9 rings (SSSR count). The molecule has 2 saturated heterocycles. The van der Waals surface area contributed by atoms with Gasteiger partial charge in [0.25, 0.3) is 5.91 Å². The van der Waals surface area contributed by atoms with Crippen molar-refractivity contribution in [3.8, 4) is 0 Å². The largest absolute Gasteiger partial charge is 0.354 e. The molecule has 2 aromatic heterocycles. The Hall–Kier alpha value is -3.70. The minimum absolute atomic E-state index is 0.0984. The Morgan fingerprint density at radius 1 is 0.979 bits per heavy atom. The van der Waals surface area contributed by atoms with Crippen molar-refractivity contribution >= 4 is 44.6 Å². The predicted octanol–water partition coefficient (Wildman–Crippen LogP) is 3.27. The molecule has 6 aliphatic rings. The number of ether oxygens (including phenoxy) is 3. The number of urea groups is 1. The van der Waals surface area contributed by atoms with Gasteiger partial charge in [-0.15, -0.1) is 0 Å². The predicted molar refractivity (Wildman–Crippen MR) is 172 cm³/mol. The van der Waals surface area contributed by atoms with Gasteiger partial charge in [-0.05, 0) is 95.2 Å². The summed E-state index contributed by atoms with van der Waals surface area (Å²) in [5.41, 5.74) is 0.553. The van der Waals surface area contributed by atoms with Crippen molar-refractivity contribution < 1.29 is 32.2 Å². The first-order chi connectivity index (χ1) is 22.9. The molecule has 4 N–H and O–H groups in total. The molecular formula is C32H40N8O7S. The highest BCUT2D eigenvalue weighted by Crippen LogP contribution is 2.56. The van der Waals surface area contributed by atoms with Crippen molar-refractivity contribution in [3.63, 3.8) is 0 Å². The first kappa shape index (κ1) is 31.6. The maximum Gasteiger partial charge on any atom is 0.324 e. The van der Waals surface area contributed by atoms with E-state index in [4.69, 9.17) is 14.2 Å². The van der Waals surface area contributed by atoms with Crippen LogP contribution in [0.15, 0.2) is 41.8 Å². The highest BCUT2D eigenvalue weighted by Gasteiger charge is 2.58. The highest BCUT2D eigenvalue weighted by atomic mass is 32.2. The summed E-state index contributed by atoms with van der Waals surface area (Å²) in [5.74, 6) is 0.676. The van der Waals surface area contributed by atoms with Crippen LogP contribution in [0.4, 0.5) is 16.3 Å². The van der Waals surface area contributed by atoms with Crippen LogP contribution in [0.3, 0.4) is 0 Å². The van der Waals surface area contributed by atoms with Gasteiger partial charge in [0.05, 0.1) is 11.2 Å². The first-order valence-electron chi connectivity index (χ1n) is 16.6. The fraction of sp³-hybridized carbons (Fsp3) is 0.594. The number of imidazole rings is 1. The topological polar surface area (TPSA) is 188 Å². The fourth-order valence-corrected chi connectivity index (χ4v) is 10.5. The van der Waals surface area contributed by atoms with Crippen LogP contribution in [-0.2, 0) is 29.0 Å². The Morgan fingerprint density at radius 2 is 1.69 bits per heavy atom. The molecule has 4 atom stereocenters. The van der Waals surface area contributed by atoms with Gasteiger partial charge in [-0.25, -0.2) is 32.9 Å². The number of amides is 3. The van der Waals surface area contributed by atoms with Gasteiger partial charge in [-0.3, -0.25) is 14.7 Å². The Bertz CT molecular complexity index is 1850. The van der Waals surface area contributed by atoms with Crippen LogP contribution in [0, 0.1) is 17.8 Å². The van der Waals surface area contributed by atoms with E-state index in [1.54, 1.807) is 36.6 Å². The Balaban J connectivity index is 0.979. The summed E-state index contributed by atoms with van der Waals surface area (Å²) in [7, 11) is -3.81. The lowest BCUT2D eigenvalue weighted by Gasteiger charge is -2.56. The second-order valence-corrected chi connectivity index (χ2v) is 16.0. The average molecular weight is 681 g/mol. The van der Waals surface area contributed by atoms with Crippen molar-refractivity contribution in [2.75, 3.05) is 17.2 Å². The molecule has 4 aliphatic carbocycles. The lowest BCUT2D eigenvalue weighted by atomic mass is 9.53. The van der Waals surface area contributed by atoms with Gasteiger partial charge in [0, 0.05) is 17.8 Å². The number of carbonyl (C=O) groups is 2. The number of fused-ring (bicyclic) bond motifs is 2. The Kier molecular flexibility index (Phi) is 7.52. The fourth-order valence-electron chi connectivity index (χ4n) is 9.01. The number of nitrogens with zero attached hydrogens (tertiary/aromatic N) is 4. The summed E-state index contributed by atoms with van der Waals surface area (Å²) < 4.78 is 50.2. The monoisotopic (exact) mass is 680 g/mol. The molecule has 48 heavy (non-hydrogen) atoms. The summed E-state index contributed by atoms with van der Waals surface area (Å²) in [4.78, 5) is 39.1. The van der Waals surface area contributed by atoms with E-state index in [1.807, 2.05) is 6.92 Å².